The van der Waals surface area contributed by atoms with E-state index in [1.807, 2.05) is 6.07 Å². The number of nitrogens with zero attached hydrogens (tertiary/aromatic N) is 1. The van der Waals surface area contributed by atoms with Gasteiger partial charge in [-0.05, 0) is 62.1 Å². The van der Waals surface area contributed by atoms with Crippen molar-refractivity contribution < 1.29 is 9.84 Å². The molecule has 116 valence electrons. The maximum absolute atomic E-state index is 9.73. The highest BCUT2D eigenvalue weighted by molar-refractivity contribution is 5.28. The van der Waals surface area contributed by atoms with Gasteiger partial charge in [-0.25, -0.2) is 0 Å². The summed E-state index contributed by atoms with van der Waals surface area (Å²) in [5.41, 5.74) is 1.33. The number of hydrogen-bond acceptors (Lipinski definition) is 3. The first kappa shape index (κ1) is 14.9. The van der Waals surface area contributed by atoms with Crippen LogP contribution in [-0.4, -0.2) is 35.8 Å². The Morgan fingerprint density at radius 3 is 2.57 bits per heavy atom. The number of benzene rings is 1. The summed E-state index contributed by atoms with van der Waals surface area (Å²) < 4.78 is 5.34. The Morgan fingerprint density at radius 1 is 1.14 bits per heavy atom. The molecule has 21 heavy (non-hydrogen) atoms. The van der Waals surface area contributed by atoms with Gasteiger partial charge < -0.3 is 9.84 Å². The van der Waals surface area contributed by atoms with Crippen molar-refractivity contribution in [2.45, 2.75) is 57.2 Å². The minimum Gasteiger partial charge on any atom is -0.497 e. The molecule has 3 nitrogen and oxygen atoms in total. The van der Waals surface area contributed by atoms with Crippen molar-refractivity contribution in [1.29, 1.82) is 0 Å². The lowest BCUT2D eigenvalue weighted by atomic mass is 9.91. The van der Waals surface area contributed by atoms with E-state index in [-0.39, 0.29) is 6.10 Å². The third kappa shape index (κ3) is 4.21. The van der Waals surface area contributed by atoms with Crippen LogP contribution < -0.4 is 4.74 Å². The van der Waals surface area contributed by atoms with Crippen LogP contribution in [0.15, 0.2) is 24.3 Å². The quantitative estimate of drug-likeness (QED) is 0.873. The van der Waals surface area contributed by atoms with Crippen LogP contribution in [0.2, 0.25) is 0 Å². The summed E-state index contributed by atoms with van der Waals surface area (Å²) in [6, 6.07) is 9.07. The zero-order chi connectivity index (χ0) is 14.7. The summed E-state index contributed by atoms with van der Waals surface area (Å²) in [6.45, 7) is 2.23. The summed E-state index contributed by atoms with van der Waals surface area (Å²) in [5, 5.41) is 9.73. The van der Waals surface area contributed by atoms with Gasteiger partial charge in [0.1, 0.15) is 5.75 Å². The zero-order valence-corrected chi connectivity index (χ0v) is 13.0. The molecule has 0 aliphatic heterocycles. The highest BCUT2D eigenvalue weighted by atomic mass is 16.5. The summed E-state index contributed by atoms with van der Waals surface area (Å²) in [6.07, 6.45) is 6.91. The van der Waals surface area contributed by atoms with Gasteiger partial charge in [-0.1, -0.05) is 12.1 Å². The highest BCUT2D eigenvalue weighted by Crippen LogP contribution is 2.33. The van der Waals surface area contributed by atoms with Crippen LogP contribution in [0.4, 0.5) is 0 Å². The van der Waals surface area contributed by atoms with Crippen LogP contribution in [0.1, 0.15) is 44.1 Å². The van der Waals surface area contributed by atoms with Crippen molar-refractivity contribution in [2.75, 3.05) is 13.7 Å². The zero-order valence-electron chi connectivity index (χ0n) is 13.0. The van der Waals surface area contributed by atoms with E-state index in [1.54, 1.807) is 7.11 Å². The average Bonchev–Trinajstić information content (AvgIpc) is 3.32. The van der Waals surface area contributed by atoms with Crippen LogP contribution in [-0.2, 0) is 6.54 Å². The monoisotopic (exact) mass is 289 g/mol. The molecule has 0 radical (unpaired) electrons. The molecule has 2 fully saturated rings. The first-order valence-electron chi connectivity index (χ1n) is 8.29. The Balaban J connectivity index is 1.66. The second-order valence-electron chi connectivity index (χ2n) is 6.69. The molecule has 2 saturated carbocycles. The Morgan fingerprint density at radius 2 is 1.90 bits per heavy atom. The van der Waals surface area contributed by atoms with Gasteiger partial charge in [0, 0.05) is 19.1 Å². The van der Waals surface area contributed by atoms with Gasteiger partial charge in [0.25, 0.3) is 0 Å². The number of methoxy groups -OCH3 is 1. The Hall–Kier alpha value is -1.06. The molecule has 0 amide bonds. The molecule has 3 heteroatoms. The van der Waals surface area contributed by atoms with Gasteiger partial charge in [-0.3, -0.25) is 4.90 Å². The molecule has 0 saturated heterocycles. The lowest BCUT2D eigenvalue weighted by molar-refractivity contribution is 0.0679. The molecule has 1 aromatic carbocycles. The second kappa shape index (κ2) is 6.80. The van der Waals surface area contributed by atoms with Gasteiger partial charge >= 0.3 is 0 Å². The van der Waals surface area contributed by atoms with E-state index >= 15 is 0 Å². The van der Waals surface area contributed by atoms with Crippen LogP contribution in [0.3, 0.4) is 0 Å². The topological polar surface area (TPSA) is 32.7 Å². The van der Waals surface area contributed by atoms with Gasteiger partial charge in [0.15, 0.2) is 0 Å². The predicted octanol–water partition coefficient (Wildman–Crippen LogP) is 3.21. The molecule has 1 N–H and O–H groups in total. The molecule has 3 rings (SSSR count). The van der Waals surface area contributed by atoms with Crippen LogP contribution in [0.25, 0.3) is 0 Å². The fourth-order valence-electron chi connectivity index (χ4n) is 3.40. The molecule has 2 aliphatic rings. The smallest absolute Gasteiger partial charge is 0.119 e. The van der Waals surface area contributed by atoms with E-state index in [4.69, 9.17) is 4.74 Å². The van der Waals surface area contributed by atoms with Crippen molar-refractivity contribution >= 4 is 0 Å². The third-order valence-corrected chi connectivity index (χ3v) is 4.89. The highest BCUT2D eigenvalue weighted by Gasteiger charge is 2.30. The van der Waals surface area contributed by atoms with Crippen LogP contribution >= 0.6 is 0 Å². The van der Waals surface area contributed by atoms with E-state index in [0.29, 0.717) is 6.04 Å². The summed E-state index contributed by atoms with van der Waals surface area (Å²) in [7, 11) is 1.73. The molecule has 0 aromatic heterocycles. The van der Waals surface area contributed by atoms with Crippen LogP contribution in [0.5, 0.6) is 5.75 Å². The number of rotatable bonds is 6. The Kier molecular flexibility index (Phi) is 4.81. The maximum atomic E-state index is 9.73. The maximum Gasteiger partial charge on any atom is 0.119 e. The van der Waals surface area contributed by atoms with Crippen LogP contribution in [0, 0.1) is 5.92 Å². The van der Waals surface area contributed by atoms with Gasteiger partial charge in [0.2, 0.25) is 0 Å². The fourth-order valence-corrected chi connectivity index (χ4v) is 3.40. The van der Waals surface area contributed by atoms with E-state index in [1.165, 1.54) is 24.9 Å². The largest absolute Gasteiger partial charge is 0.497 e. The Labute approximate surface area is 127 Å². The molecule has 0 bridgehead atoms. The molecule has 1 aromatic rings. The molecular formula is C18H27NO2. The molecule has 0 unspecified atom stereocenters. The second-order valence-corrected chi connectivity index (χ2v) is 6.69. The standard InChI is InChI=1S/C18H27NO2/c1-21-18-4-2-3-15(11-18)13-19(12-14-5-6-14)16-7-9-17(20)10-8-16/h2-4,11,14,16-17,20H,5-10,12-13H2,1H3. The Bertz CT molecular complexity index is 450. The van der Waals surface area contributed by atoms with Crippen molar-refractivity contribution in [2.24, 2.45) is 5.92 Å². The molecule has 0 atom stereocenters. The van der Waals surface area contributed by atoms with Gasteiger partial charge in [0.05, 0.1) is 13.2 Å². The minimum atomic E-state index is -0.0687. The summed E-state index contributed by atoms with van der Waals surface area (Å²) >= 11 is 0. The van der Waals surface area contributed by atoms with E-state index in [0.717, 1.165) is 43.9 Å². The number of aliphatic hydroxyl groups excluding tert-OH is 1. The molecule has 0 heterocycles. The minimum absolute atomic E-state index is 0.0687. The number of hydrogen-bond donors (Lipinski definition) is 1. The average molecular weight is 289 g/mol. The molecule has 2 aliphatic carbocycles. The van der Waals surface area contributed by atoms with Crippen molar-refractivity contribution in [3.05, 3.63) is 29.8 Å². The predicted molar refractivity (Wildman–Crippen MR) is 84.4 cm³/mol. The van der Waals surface area contributed by atoms with Gasteiger partial charge in [-0.2, -0.15) is 0 Å². The SMILES string of the molecule is COc1cccc(CN(CC2CC2)C2CCC(O)CC2)c1. The fraction of sp³-hybridized carbons (Fsp3) is 0.667. The third-order valence-electron chi connectivity index (χ3n) is 4.89. The lowest BCUT2D eigenvalue weighted by Crippen LogP contribution is -2.39. The van der Waals surface area contributed by atoms with E-state index in [9.17, 15) is 5.11 Å². The lowest BCUT2D eigenvalue weighted by Gasteiger charge is -2.36. The van der Waals surface area contributed by atoms with Crippen molar-refractivity contribution in [1.82, 2.24) is 4.90 Å². The van der Waals surface area contributed by atoms with E-state index in [2.05, 4.69) is 23.1 Å². The van der Waals surface area contributed by atoms with Crippen molar-refractivity contribution in [3.8, 4) is 5.75 Å². The first-order valence-corrected chi connectivity index (χ1v) is 8.29. The van der Waals surface area contributed by atoms with Gasteiger partial charge in [-0.15, -0.1) is 0 Å². The number of ether oxygens (including phenoxy) is 1. The normalized spacial score (nSPS) is 26.0. The van der Waals surface area contributed by atoms with E-state index < -0.39 is 0 Å². The number of aliphatic hydroxyl groups is 1. The molecule has 0 spiro atoms. The van der Waals surface area contributed by atoms with Crippen molar-refractivity contribution in [3.63, 3.8) is 0 Å². The summed E-state index contributed by atoms with van der Waals surface area (Å²) in [4.78, 5) is 2.65. The summed E-state index contributed by atoms with van der Waals surface area (Å²) in [5.74, 6) is 1.85. The molecular weight excluding hydrogens is 262 g/mol. The first-order chi connectivity index (χ1) is 10.2.